The van der Waals surface area contributed by atoms with Crippen molar-refractivity contribution in [2.45, 2.75) is 33.1 Å². The standard InChI is InChI=1S/C19H22BrCl2NO/c1-11(2)10-23-18(24)6-12(3)4-5-13-7-15(13)14-8-16(21)19(20)17(22)9-14/h4-6,8-9,11,13,15H,7,10H2,1-3H3,(H,23,24)/b5-4+,12-6+/t13-,15-/m1/s1. The average molecular weight is 431 g/mol. The van der Waals surface area contributed by atoms with Crippen molar-refractivity contribution in [1.82, 2.24) is 5.32 Å². The first-order valence-electron chi connectivity index (χ1n) is 8.06. The Morgan fingerprint density at radius 2 is 2.00 bits per heavy atom. The lowest BCUT2D eigenvalue weighted by Crippen LogP contribution is -2.25. The summed E-state index contributed by atoms with van der Waals surface area (Å²) < 4.78 is 0.744. The van der Waals surface area contributed by atoms with Crippen molar-refractivity contribution in [3.8, 4) is 0 Å². The maximum Gasteiger partial charge on any atom is 0.244 e. The van der Waals surface area contributed by atoms with Gasteiger partial charge in [-0.15, -0.1) is 0 Å². The summed E-state index contributed by atoms with van der Waals surface area (Å²) in [7, 11) is 0. The molecule has 1 fully saturated rings. The van der Waals surface area contributed by atoms with Gasteiger partial charge >= 0.3 is 0 Å². The van der Waals surface area contributed by atoms with E-state index in [1.54, 1.807) is 6.08 Å². The molecular formula is C19H22BrCl2NO. The van der Waals surface area contributed by atoms with E-state index in [9.17, 15) is 4.79 Å². The number of halogens is 3. The van der Waals surface area contributed by atoms with E-state index in [4.69, 9.17) is 23.2 Å². The minimum Gasteiger partial charge on any atom is -0.352 e. The quantitative estimate of drug-likeness (QED) is 0.328. The molecule has 0 unspecified atom stereocenters. The van der Waals surface area contributed by atoms with Crippen LogP contribution in [0.3, 0.4) is 0 Å². The average Bonchev–Trinajstić information content (AvgIpc) is 3.28. The highest BCUT2D eigenvalue weighted by Crippen LogP contribution is 2.50. The predicted octanol–water partition coefficient (Wildman–Crippen LogP) is 6.13. The monoisotopic (exact) mass is 429 g/mol. The molecule has 1 aliphatic carbocycles. The minimum atomic E-state index is -0.0373. The van der Waals surface area contributed by atoms with Gasteiger partial charge in [0.05, 0.1) is 14.5 Å². The summed E-state index contributed by atoms with van der Waals surface area (Å²) in [5.41, 5.74) is 2.12. The smallest absolute Gasteiger partial charge is 0.244 e. The number of allylic oxidation sites excluding steroid dienone is 3. The third-order valence-electron chi connectivity index (χ3n) is 3.92. The molecule has 1 aromatic carbocycles. The van der Waals surface area contributed by atoms with E-state index in [-0.39, 0.29) is 5.91 Å². The number of benzene rings is 1. The van der Waals surface area contributed by atoms with Gasteiger partial charge in [0.25, 0.3) is 0 Å². The molecule has 2 nitrogen and oxygen atoms in total. The number of hydrogen-bond acceptors (Lipinski definition) is 1. The molecule has 0 bridgehead atoms. The normalized spacial score (nSPS) is 20.7. The van der Waals surface area contributed by atoms with E-state index in [2.05, 4.69) is 41.2 Å². The van der Waals surface area contributed by atoms with Crippen molar-refractivity contribution in [2.75, 3.05) is 6.54 Å². The third kappa shape index (κ3) is 5.65. The van der Waals surface area contributed by atoms with Gasteiger partial charge in [-0.1, -0.05) is 49.2 Å². The van der Waals surface area contributed by atoms with Crippen LogP contribution >= 0.6 is 39.1 Å². The second kappa shape index (κ2) is 8.55. The fourth-order valence-electron chi connectivity index (χ4n) is 2.49. The van der Waals surface area contributed by atoms with Crippen LogP contribution in [0.2, 0.25) is 10.0 Å². The van der Waals surface area contributed by atoms with E-state index < -0.39 is 0 Å². The van der Waals surface area contributed by atoms with Crippen molar-refractivity contribution >= 4 is 45.0 Å². The molecule has 1 saturated carbocycles. The first kappa shape index (κ1) is 19.6. The van der Waals surface area contributed by atoms with E-state index in [0.29, 0.717) is 34.3 Å². The van der Waals surface area contributed by atoms with Crippen LogP contribution < -0.4 is 5.32 Å². The highest BCUT2D eigenvalue weighted by Gasteiger charge is 2.36. The predicted molar refractivity (Wildman–Crippen MR) is 106 cm³/mol. The third-order valence-corrected chi connectivity index (χ3v) is 5.83. The molecule has 24 heavy (non-hydrogen) atoms. The van der Waals surface area contributed by atoms with E-state index in [1.165, 1.54) is 5.56 Å². The number of carbonyl (C=O) groups is 1. The zero-order chi connectivity index (χ0) is 17.9. The zero-order valence-corrected chi connectivity index (χ0v) is 17.2. The van der Waals surface area contributed by atoms with Gasteiger partial charge in [0.1, 0.15) is 0 Å². The number of amides is 1. The van der Waals surface area contributed by atoms with Gasteiger partial charge in [-0.25, -0.2) is 0 Å². The number of carbonyl (C=O) groups excluding carboxylic acids is 1. The Morgan fingerprint density at radius 3 is 2.58 bits per heavy atom. The summed E-state index contributed by atoms with van der Waals surface area (Å²) in [6.07, 6.45) is 6.90. The first-order chi connectivity index (χ1) is 11.3. The lowest BCUT2D eigenvalue weighted by Gasteiger charge is -2.05. The summed E-state index contributed by atoms with van der Waals surface area (Å²) >= 11 is 15.7. The van der Waals surface area contributed by atoms with Crippen LogP contribution in [-0.2, 0) is 4.79 Å². The van der Waals surface area contributed by atoms with Crippen LogP contribution in [0.4, 0.5) is 0 Å². The fourth-order valence-corrected chi connectivity index (χ4v) is 3.22. The van der Waals surface area contributed by atoms with Crippen LogP contribution in [-0.4, -0.2) is 12.5 Å². The molecule has 0 spiro atoms. The molecule has 0 aliphatic heterocycles. The lowest BCUT2D eigenvalue weighted by molar-refractivity contribution is -0.116. The summed E-state index contributed by atoms with van der Waals surface area (Å²) in [5, 5.41) is 4.17. The van der Waals surface area contributed by atoms with Gasteiger partial charge in [0.2, 0.25) is 5.91 Å². The van der Waals surface area contributed by atoms with Gasteiger partial charge in [-0.2, -0.15) is 0 Å². The minimum absolute atomic E-state index is 0.0373. The number of nitrogens with one attached hydrogen (secondary N) is 1. The molecule has 0 heterocycles. The largest absolute Gasteiger partial charge is 0.352 e. The lowest BCUT2D eigenvalue weighted by atomic mass is 10.1. The Hall–Kier alpha value is -0.770. The van der Waals surface area contributed by atoms with E-state index in [1.807, 2.05) is 25.1 Å². The van der Waals surface area contributed by atoms with Gasteiger partial charge in [-0.05, 0) is 70.3 Å². The van der Waals surface area contributed by atoms with Crippen molar-refractivity contribution in [2.24, 2.45) is 11.8 Å². The fraction of sp³-hybridized carbons (Fsp3) is 0.421. The van der Waals surface area contributed by atoms with Crippen LogP contribution in [0.5, 0.6) is 0 Å². The van der Waals surface area contributed by atoms with Gasteiger partial charge in [-0.3, -0.25) is 4.79 Å². The molecule has 2 atom stereocenters. The molecular weight excluding hydrogens is 409 g/mol. The Labute approximate surface area is 162 Å². The SMILES string of the molecule is CC(/C=C/[C@@H]1C[C@H]1c1cc(Cl)c(Br)c(Cl)c1)=C\C(=O)NCC(C)C. The number of hydrogen-bond donors (Lipinski definition) is 1. The maximum absolute atomic E-state index is 11.8. The second-order valence-corrected chi connectivity index (χ2v) is 8.30. The summed E-state index contributed by atoms with van der Waals surface area (Å²) in [6.45, 7) is 6.79. The van der Waals surface area contributed by atoms with Crippen molar-refractivity contribution in [1.29, 1.82) is 0 Å². The molecule has 0 saturated heterocycles. The van der Waals surface area contributed by atoms with Crippen molar-refractivity contribution in [3.63, 3.8) is 0 Å². The molecule has 1 amide bonds. The number of rotatable bonds is 6. The second-order valence-electron chi connectivity index (χ2n) is 6.69. The van der Waals surface area contributed by atoms with Gasteiger partial charge in [0.15, 0.2) is 0 Å². The highest BCUT2D eigenvalue weighted by atomic mass is 79.9. The van der Waals surface area contributed by atoms with Crippen LogP contribution in [0.25, 0.3) is 0 Å². The molecule has 0 aromatic heterocycles. The van der Waals surface area contributed by atoms with Gasteiger partial charge < -0.3 is 5.32 Å². The van der Waals surface area contributed by atoms with Crippen LogP contribution in [0.15, 0.2) is 40.4 Å². The molecule has 2 rings (SSSR count). The summed E-state index contributed by atoms with van der Waals surface area (Å²) in [6, 6.07) is 3.94. The molecule has 1 aromatic rings. The molecule has 0 radical (unpaired) electrons. The highest BCUT2D eigenvalue weighted by molar-refractivity contribution is 9.10. The Bertz CT molecular complexity index is 659. The maximum atomic E-state index is 11.8. The molecule has 5 heteroatoms. The Morgan fingerprint density at radius 1 is 1.38 bits per heavy atom. The van der Waals surface area contributed by atoms with E-state index >= 15 is 0 Å². The first-order valence-corrected chi connectivity index (χ1v) is 9.61. The van der Waals surface area contributed by atoms with Gasteiger partial charge in [0, 0.05) is 12.6 Å². The molecule has 130 valence electrons. The zero-order valence-electron chi connectivity index (χ0n) is 14.1. The van der Waals surface area contributed by atoms with Crippen LogP contribution in [0.1, 0.15) is 38.7 Å². The molecule has 1 N–H and O–H groups in total. The summed E-state index contributed by atoms with van der Waals surface area (Å²) in [5.74, 6) is 1.34. The van der Waals surface area contributed by atoms with Crippen molar-refractivity contribution in [3.05, 3.63) is 56.0 Å². The van der Waals surface area contributed by atoms with Crippen LogP contribution in [0, 0.1) is 11.8 Å². The van der Waals surface area contributed by atoms with E-state index in [0.717, 1.165) is 16.5 Å². The molecule has 1 aliphatic rings. The Kier molecular flexibility index (Phi) is 6.97. The Balaban J connectivity index is 1.92. The topological polar surface area (TPSA) is 29.1 Å². The summed E-state index contributed by atoms with van der Waals surface area (Å²) in [4.78, 5) is 11.8. The van der Waals surface area contributed by atoms with Crippen molar-refractivity contribution < 1.29 is 4.79 Å².